The van der Waals surface area contributed by atoms with Gasteiger partial charge in [0.25, 0.3) is 0 Å². The number of hydrogen-bond donors (Lipinski definition) is 1. The van der Waals surface area contributed by atoms with E-state index in [4.69, 9.17) is 4.74 Å². The quantitative estimate of drug-likeness (QED) is 0.517. The second kappa shape index (κ2) is 7.59. The van der Waals surface area contributed by atoms with Gasteiger partial charge in [0.05, 0.1) is 7.11 Å². The van der Waals surface area contributed by atoms with Gasteiger partial charge in [-0.3, -0.25) is 4.79 Å². The molecular formula is C23H20N4O2. The van der Waals surface area contributed by atoms with E-state index >= 15 is 0 Å². The number of nitrogens with one attached hydrogen (secondary N) is 1. The molecule has 6 nitrogen and oxygen atoms in total. The third-order valence-electron chi connectivity index (χ3n) is 4.72. The smallest absolute Gasteiger partial charge is 0.247 e. The summed E-state index contributed by atoms with van der Waals surface area (Å²) in [6.07, 6.45) is 6.88. The summed E-state index contributed by atoms with van der Waals surface area (Å²) in [7, 11) is 3.58. The molecule has 3 aromatic heterocycles. The zero-order valence-corrected chi connectivity index (χ0v) is 16.2. The predicted octanol–water partition coefficient (Wildman–Crippen LogP) is 4.44. The molecule has 0 aliphatic heterocycles. The number of hydrogen-bond acceptors (Lipinski definition) is 4. The molecule has 29 heavy (non-hydrogen) atoms. The number of aromatic nitrogens is 3. The van der Waals surface area contributed by atoms with E-state index in [1.807, 2.05) is 54.2 Å². The molecule has 4 rings (SSSR count). The van der Waals surface area contributed by atoms with Crippen molar-refractivity contribution in [3.8, 4) is 28.1 Å². The Hall–Kier alpha value is -3.93. The van der Waals surface area contributed by atoms with Crippen LogP contribution in [0, 0.1) is 0 Å². The summed E-state index contributed by atoms with van der Waals surface area (Å²) in [6, 6.07) is 13.6. The second-order valence-electron chi connectivity index (χ2n) is 6.61. The van der Waals surface area contributed by atoms with Crippen molar-refractivity contribution in [2.75, 3.05) is 12.4 Å². The van der Waals surface area contributed by atoms with Crippen molar-refractivity contribution in [3.05, 3.63) is 73.7 Å². The van der Waals surface area contributed by atoms with Gasteiger partial charge in [-0.05, 0) is 41.5 Å². The Balaban J connectivity index is 1.81. The summed E-state index contributed by atoms with van der Waals surface area (Å²) in [5.41, 5.74) is 5.57. The van der Waals surface area contributed by atoms with Crippen LogP contribution >= 0.6 is 0 Å². The molecule has 0 fully saturated rings. The molecule has 0 saturated heterocycles. The van der Waals surface area contributed by atoms with Crippen LogP contribution in [0.2, 0.25) is 0 Å². The molecule has 4 aromatic rings. The van der Waals surface area contributed by atoms with Crippen molar-refractivity contribution in [3.63, 3.8) is 0 Å². The Morgan fingerprint density at radius 2 is 2.00 bits per heavy atom. The van der Waals surface area contributed by atoms with Crippen molar-refractivity contribution in [1.82, 2.24) is 14.5 Å². The molecule has 1 N–H and O–H groups in total. The van der Waals surface area contributed by atoms with Crippen LogP contribution in [0.3, 0.4) is 0 Å². The molecule has 1 amide bonds. The number of carbonyl (C=O) groups is 1. The highest BCUT2D eigenvalue weighted by molar-refractivity contribution is 6.00. The molecular weight excluding hydrogens is 364 g/mol. The van der Waals surface area contributed by atoms with Crippen LogP contribution in [0.25, 0.3) is 33.3 Å². The Labute approximate surface area is 168 Å². The fraction of sp³-hybridized carbons (Fsp3) is 0.0870. The van der Waals surface area contributed by atoms with Gasteiger partial charge in [-0.2, -0.15) is 0 Å². The number of aryl methyl sites for hydroxylation is 1. The maximum absolute atomic E-state index is 11.6. The normalized spacial score (nSPS) is 10.7. The summed E-state index contributed by atoms with van der Waals surface area (Å²) >= 11 is 0. The molecule has 0 aliphatic rings. The van der Waals surface area contributed by atoms with Crippen molar-refractivity contribution in [2.45, 2.75) is 0 Å². The lowest BCUT2D eigenvalue weighted by molar-refractivity contribution is -0.111. The number of ether oxygens (including phenoxy) is 1. The van der Waals surface area contributed by atoms with Gasteiger partial charge in [0.2, 0.25) is 11.8 Å². The number of methoxy groups -OCH3 is 1. The van der Waals surface area contributed by atoms with E-state index < -0.39 is 0 Å². The molecule has 0 saturated carbocycles. The first-order chi connectivity index (χ1) is 14.1. The van der Waals surface area contributed by atoms with E-state index in [0.717, 1.165) is 33.3 Å². The van der Waals surface area contributed by atoms with E-state index in [9.17, 15) is 4.79 Å². The highest BCUT2D eigenvalue weighted by Crippen LogP contribution is 2.33. The minimum Gasteiger partial charge on any atom is -0.481 e. The Kier molecular flexibility index (Phi) is 4.83. The first-order valence-corrected chi connectivity index (χ1v) is 9.08. The number of fused-ring (bicyclic) bond motifs is 1. The molecule has 0 bridgehead atoms. The first-order valence-electron chi connectivity index (χ1n) is 9.08. The van der Waals surface area contributed by atoms with E-state index in [-0.39, 0.29) is 5.91 Å². The van der Waals surface area contributed by atoms with Gasteiger partial charge in [-0.25, -0.2) is 9.97 Å². The van der Waals surface area contributed by atoms with E-state index in [0.29, 0.717) is 11.6 Å². The van der Waals surface area contributed by atoms with Crippen LogP contribution in [-0.4, -0.2) is 27.6 Å². The van der Waals surface area contributed by atoms with Gasteiger partial charge in [0, 0.05) is 53.9 Å². The molecule has 1 aromatic carbocycles. The minimum atomic E-state index is -0.243. The van der Waals surface area contributed by atoms with Crippen LogP contribution in [0.5, 0.6) is 5.88 Å². The Morgan fingerprint density at radius 1 is 1.14 bits per heavy atom. The number of anilines is 1. The maximum Gasteiger partial charge on any atom is 0.247 e. The van der Waals surface area contributed by atoms with E-state index in [1.54, 1.807) is 13.3 Å². The number of nitrogens with zero attached hydrogens (tertiary/aromatic N) is 3. The third kappa shape index (κ3) is 3.60. The third-order valence-corrected chi connectivity index (χ3v) is 4.72. The molecule has 0 aliphatic carbocycles. The van der Waals surface area contributed by atoms with Crippen LogP contribution < -0.4 is 10.1 Å². The van der Waals surface area contributed by atoms with Gasteiger partial charge in [0.15, 0.2) is 0 Å². The Morgan fingerprint density at radius 3 is 2.79 bits per heavy atom. The highest BCUT2D eigenvalue weighted by Gasteiger charge is 2.13. The number of rotatable bonds is 5. The fourth-order valence-electron chi connectivity index (χ4n) is 3.31. The lowest BCUT2D eigenvalue weighted by Crippen LogP contribution is -2.06. The number of carbonyl (C=O) groups excluding carboxylic acids is 1. The average Bonchev–Trinajstić information content (AvgIpc) is 3.10. The maximum atomic E-state index is 11.6. The second-order valence-corrected chi connectivity index (χ2v) is 6.61. The lowest BCUT2D eigenvalue weighted by Gasteiger charge is -2.07. The standard InChI is InChI=1S/C23H20N4O2/c1-4-21(28)26-18-7-5-6-15(10-18)17-11-19-20(14-27(2)23(19)25-13-17)16-8-9-24-22(12-16)29-3/h4-14H,1H2,2-3H3,(H,26,28). The molecule has 0 unspecified atom stereocenters. The summed E-state index contributed by atoms with van der Waals surface area (Å²) in [5, 5.41) is 3.82. The van der Waals surface area contributed by atoms with E-state index in [1.165, 1.54) is 6.08 Å². The molecule has 0 spiro atoms. The SMILES string of the molecule is C=CC(=O)Nc1cccc(-c2cnc3c(c2)c(-c2ccnc(OC)c2)cn3C)c1. The number of pyridine rings is 2. The van der Waals surface area contributed by atoms with Crippen LogP contribution in [-0.2, 0) is 11.8 Å². The zero-order valence-electron chi connectivity index (χ0n) is 16.2. The highest BCUT2D eigenvalue weighted by atomic mass is 16.5. The molecule has 0 atom stereocenters. The predicted molar refractivity (Wildman–Crippen MR) is 115 cm³/mol. The number of benzene rings is 1. The topological polar surface area (TPSA) is 69.0 Å². The van der Waals surface area contributed by atoms with Crippen LogP contribution in [0.1, 0.15) is 0 Å². The van der Waals surface area contributed by atoms with Gasteiger partial charge in [-0.1, -0.05) is 18.7 Å². The zero-order chi connectivity index (χ0) is 20.4. The molecule has 0 radical (unpaired) electrons. The molecule has 144 valence electrons. The minimum absolute atomic E-state index is 0.243. The first kappa shape index (κ1) is 18.4. The van der Waals surface area contributed by atoms with E-state index in [2.05, 4.69) is 34.1 Å². The Bertz CT molecular complexity index is 1230. The van der Waals surface area contributed by atoms with Crippen LogP contribution in [0.15, 0.2) is 73.7 Å². The summed E-state index contributed by atoms with van der Waals surface area (Å²) in [4.78, 5) is 20.5. The lowest BCUT2D eigenvalue weighted by atomic mass is 10.0. The summed E-state index contributed by atoms with van der Waals surface area (Å²) in [5.74, 6) is 0.321. The monoisotopic (exact) mass is 384 g/mol. The van der Waals surface area contributed by atoms with Gasteiger partial charge >= 0.3 is 0 Å². The van der Waals surface area contributed by atoms with Crippen LogP contribution in [0.4, 0.5) is 5.69 Å². The summed E-state index contributed by atoms with van der Waals surface area (Å²) < 4.78 is 7.27. The average molecular weight is 384 g/mol. The number of amides is 1. The van der Waals surface area contributed by atoms with Crippen molar-refractivity contribution in [2.24, 2.45) is 7.05 Å². The molecule has 3 heterocycles. The van der Waals surface area contributed by atoms with Gasteiger partial charge in [0.1, 0.15) is 5.65 Å². The fourth-order valence-corrected chi connectivity index (χ4v) is 3.31. The van der Waals surface area contributed by atoms with Crippen molar-refractivity contribution >= 4 is 22.6 Å². The van der Waals surface area contributed by atoms with Crippen molar-refractivity contribution < 1.29 is 9.53 Å². The van der Waals surface area contributed by atoms with Gasteiger partial charge < -0.3 is 14.6 Å². The largest absolute Gasteiger partial charge is 0.481 e. The molecule has 6 heteroatoms. The van der Waals surface area contributed by atoms with Gasteiger partial charge in [-0.15, -0.1) is 0 Å². The summed E-state index contributed by atoms with van der Waals surface area (Å²) in [6.45, 7) is 3.49. The van der Waals surface area contributed by atoms with Crippen molar-refractivity contribution in [1.29, 1.82) is 0 Å².